The molecule has 2 heterocycles. The lowest BCUT2D eigenvalue weighted by atomic mass is 10.6. The molecule has 2 aromatic heterocycles. The molecule has 0 saturated heterocycles. The van der Waals surface area contributed by atoms with Crippen LogP contribution in [0.1, 0.15) is 11.7 Å². The topological polar surface area (TPSA) is 63.8 Å². The summed E-state index contributed by atoms with van der Waals surface area (Å²) in [6, 6.07) is 0. The van der Waals surface area contributed by atoms with Crippen molar-refractivity contribution < 1.29 is 4.42 Å². The number of halogens is 1. The molecule has 0 atom stereocenters. The molecule has 0 saturated carbocycles. The van der Waals surface area contributed by atoms with E-state index in [-0.39, 0.29) is 0 Å². The van der Waals surface area contributed by atoms with Gasteiger partial charge < -0.3 is 9.73 Å². The van der Waals surface area contributed by atoms with Crippen LogP contribution in [-0.2, 0) is 6.54 Å². The molecule has 0 bridgehead atoms. The monoisotopic (exact) mass is 268 g/mol. The Labute approximate surface area is 95.1 Å². The van der Waals surface area contributed by atoms with Gasteiger partial charge in [-0.05, 0) is 22.9 Å². The highest BCUT2D eigenvalue weighted by molar-refractivity contribution is 9.10. The van der Waals surface area contributed by atoms with E-state index >= 15 is 0 Å². The number of oxazole rings is 1. The number of hydrogen-bond acceptors (Lipinski definition) is 5. The lowest BCUT2D eigenvalue weighted by molar-refractivity contribution is 0.478. The zero-order valence-electron chi connectivity index (χ0n) is 8.07. The molecule has 5 nitrogen and oxygen atoms in total. The van der Waals surface area contributed by atoms with Crippen molar-refractivity contribution in [2.45, 2.75) is 13.5 Å². The van der Waals surface area contributed by atoms with Crippen LogP contribution in [0.5, 0.6) is 0 Å². The first kappa shape index (κ1) is 10.1. The Balaban J connectivity index is 1.96. The summed E-state index contributed by atoms with van der Waals surface area (Å²) in [5, 5.41) is 3.00. The SMILES string of the molecule is Cc1cnc(CNc2ncc(Br)cn2)o1. The molecule has 0 unspecified atom stereocenters. The van der Waals surface area contributed by atoms with Crippen LogP contribution in [0.2, 0.25) is 0 Å². The summed E-state index contributed by atoms with van der Waals surface area (Å²) in [6.45, 7) is 2.34. The third-order valence-electron chi connectivity index (χ3n) is 1.69. The van der Waals surface area contributed by atoms with E-state index in [1.54, 1.807) is 18.6 Å². The van der Waals surface area contributed by atoms with Crippen molar-refractivity contribution in [3.63, 3.8) is 0 Å². The second-order valence-corrected chi connectivity index (χ2v) is 3.86. The van der Waals surface area contributed by atoms with Crippen molar-refractivity contribution >= 4 is 21.9 Å². The Morgan fingerprint density at radius 2 is 2.00 bits per heavy atom. The Hall–Kier alpha value is -1.43. The van der Waals surface area contributed by atoms with Crippen molar-refractivity contribution in [1.29, 1.82) is 0 Å². The number of nitrogens with one attached hydrogen (secondary N) is 1. The minimum Gasteiger partial charge on any atom is -0.444 e. The molecule has 0 aliphatic heterocycles. The van der Waals surface area contributed by atoms with E-state index in [1.165, 1.54) is 0 Å². The number of anilines is 1. The molecule has 0 aliphatic rings. The van der Waals surface area contributed by atoms with E-state index in [2.05, 4.69) is 36.2 Å². The zero-order valence-corrected chi connectivity index (χ0v) is 9.65. The largest absolute Gasteiger partial charge is 0.444 e. The number of hydrogen-bond donors (Lipinski definition) is 1. The molecular formula is C9H9BrN4O. The van der Waals surface area contributed by atoms with Gasteiger partial charge in [-0.2, -0.15) is 0 Å². The van der Waals surface area contributed by atoms with E-state index in [4.69, 9.17) is 4.42 Å². The predicted octanol–water partition coefficient (Wildman–Crippen LogP) is 2.15. The number of nitrogens with zero attached hydrogens (tertiary/aromatic N) is 3. The summed E-state index contributed by atoms with van der Waals surface area (Å²) >= 11 is 3.26. The molecule has 0 fully saturated rings. The fourth-order valence-corrected chi connectivity index (χ4v) is 1.25. The zero-order chi connectivity index (χ0) is 10.7. The molecule has 0 aromatic carbocycles. The van der Waals surface area contributed by atoms with Crippen LogP contribution >= 0.6 is 15.9 Å². The van der Waals surface area contributed by atoms with Crippen LogP contribution < -0.4 is 5.32 Å². The van der Waals surface area contributed by atoms with Crippen LogP contribution in [0.25, 0.3) is 0 Å². The maximum atomic E-state index is 5.29. The highest BCUT2D eigenvalue weighted by Gasteiger charge is 2.01. The molecule has 2 rings (SSSR count). The average molecular weight is 269 g/mol. The van der Waals surface area contributed by atoms with Crippen LogP contribution in [0.4, 0.5) is 5.95 Å². The molecule has 78 valence electrons. The first-order valence-electron chi connectivity index (χ1n) is 4.37. The highest BCUT2D eigenvalue weighted by Crippen LogP contribution is 2.08. The second kappa shape index (κ2) is 4.39. The highest BCUT2D eigenvalue weighted by atomic mass is 79.9. The average Bonchev–Trinajstić information content (AvgIpc) is 2.64. The number of aromatic nitrogens is 3. The van der Waals surface area contributed by atoms with Gasteiger partial charge in [-0.15, -0.1) is 0 Å². The van der Waals surface area contributed by atoms with Gasteiger partial charge >= 0.3 is 0 Å². The van der Waals surface area contributed by atoms with Crippen molar-refractivity contribution in [3.8, 4) is 0 Å². The second-order valence-electron chi connectivity index (χ2n) is 2.94. The first-order valence-corrected chi connectivity index (χ1v) is 5.16. The van der Waals surface area contributed by atoms with E-state index < -0.39 is 0 Å². The third kappa shape index (κ3) is 2.76. The summed E-state index contributed by atoms with van der Waals surface area (Å²) in [6.07, 6.45) is 5.03. The van der Waals surface area contributed by atoms with Gasteiger partial charge in [0.05, 0.1) is 17.2 Å². The number of rotatable bonds is 3. The molecule has 0 spiro atoms. The van der Waals surface area contributed by atoms with Crippen LogP contribution in [0.3, 0.4) is 0 Å². The maximum absolute atomic E-state index is 5.29. The number of aryl methyl sites for hydroxylation is 1. The molecule has 0 radical (unpaired) electrons. The minimum absolute atomic E-state index is 0.482. The smallest absolute Gasteiger partial charge is 0.223 e. The Kier molecular flexibility index (Phi) is 2.96. The Morgan fingerprint density at radius 1 is 1.27 bits per heavy atom. The fourth-order valence-electron chi connectivity index (χ4n) is 1.04. The van der Waals surface area contributed by atoms with E-state index in [9.17, 15) is 0 Å². The van der Waals surface area contributed by atoms with Gasteiger partial charge in [0, 0.05) is 12.4 Å². The van der Waals surface area contributed by atoms with Gasteiger partial charge in [0.15, 0.2) is 0 Å². The van der Waals surface area contributed by atoms with Crippen LogP contribution in [-0.4, -0.2) is 15.0 Å². The van der Waals surface area contributed by atoms with Crippen molar-refractivity contribution in [2.75, 3.05) is 5.32 Å². The summed E-state index contributed by atoms with van der Waals surface area (Å²) in [7, 11) is 0. The van der Waals surface area contributed by atoms with Crippen molar-refractivity contribution in [2.24, 2.45) is 0 Å². The summed E-state index contributed by atoms with van der Waals surface area (Å²) in [5.41, 5.74) is 0. The molecule has 0 amide bonds. The van der Waals surface area contributed by atoms with Gasteiger partial charge in [-0.25, -0.2) is 15.0 Å². The molecule has 1 N–H and O–H groups in total. The maximum Gasteiger partial charge on any atom is 0.223 e. The molecule has 0 aliphatic carbocycles. The Morgan fingerprint density at radius 3 is 2.60 bits per heavy atom. The van der Waals surface area contributed by atoms with Gasteiger partial charge in [-0.1, -0.05) is 0 Å². The summed E-state index contributed by atoms with van der Waals surface area (Å²) in [5.74, 6) is 1.97. The lowest BCUT2D eigenvalue weighted by Crippen LogP contribution is -2.03. The predicted molar refractivity (Wildman–Crippen MR) is 58.3 cm³/mol. The molecule has 2 aromatic rings. The van der Waals surface area contributed by atoms with Crippen molar-refractivity contribution in [1.82, 2.24) is 15.0 Å². The molecule has 6 heteroatoms. The summed E-state index contributed by atoms with van der Waals surface area (Å²) < 4.78 is 6.14. The normalized spacial score (nSPS) is 10.3. The van der Waals surface area contributed by atoms with E-state index in [1.807, 2.05) is 6.92 Å². The van der Waals surface area contributed by atoms with Crippen LogP contribution in [0.15, 0.2) is 27.5 Å². The molecular weight excluding hydrogens is 260 g/mol. The van der Waals surface area contributed by atoms with Gasteiger partial charge in [0.1, 0.15) is 5.76 Å². The Bertz CT molecular complexity index is 440. The van der Waals surface area contributed by atoms with Crippen LogP contribution in [0, 0.1) is 6.92 Å². The lowest BCUT2D eigenvalue weighted by Gasteiger charge is -2.00. The van der Waals surface area contributed by atoms with Crippen molar-refractivity contribution in [3.05, 3.63) is 34.7 Å². The first-order chi connectivity index (χ1) is 7.24. The van der Waals surface area contributed by atoms with E-state index in [0.29, 0.717) is 18.4 Å². The minimum atomic E-state index is 0.482. The fraction of sp³-hybridized carbons (Fsp3) is 0.222. The summed E-state index contributed by atoms with van der Waals surface area (Å²) in [4.78, 5) is 12.2. The quantitative estimate of drug-likeness (QED) is 0.924. The van der Waals surface area contributed by atoms with E-state index in [0.717, 1.165) is 10.2 Å². The molecule has 15 heavy (non-hydrogen) atoms. The van der Waals surface area contributed by atoms with Gasteiger partial charge in [-0.3, -0.25) is 0 Å². The third-order valence-corrected chi connectivity index (χ3v) is 2.10. The van der Waals surface area contributed by atoms with Gasteiger partial charge in [0.2, 0.25) is 11.8 Å². The standard InChI is InChI=1S/C9H9BrN4O/c1-6-2-11-8(15-6)5-14-9-12-3-7(10)4-13-9/h2-4H,5H2,1H3,(H,12,13,14). The van der Waals surface area contributed by atoms with Gasteiger partial charge in [0.25, 0.3) is 0 Å².